The number of hydrogen-bond acceptors (Lipinski definition) is 2. The molecule has 3 nitrogen and oxygen atoms in total. The molecular formula is C12H14N2O. The number of nitrogens with zero attached hydrogens (tertiary/aromatic N) is 2. The predicted octanol–water partition coefficient (Wildman–Crippen LogP) is 2.40. The van der Waals surface area contributed by atoms with Gasteiger partial charge in [-0.3, -0.25) is 0 Å². The number of pyridine rings is 1. The maximum atomic E-state index is 5.72. The highest BCUT2D eigenvalue weighted by molar-refractivity contribution is 5.39. The molecular weight excluding hydrogens is 188 g/mol. The van der Waals surface area contributed by atoms with Gasteiger partial charge in [-0.25, -0.2) is 4.98 Å². The normalized spacial score (nSPS) is 16.8. The molecule has 1 aliphatic rings. The van der Waals surface area contributed by atoms with E-state index in [0.717, 1.165) is 11.3 Å². The summed E-state index contributed by atoms with van der Waals surface area (Å²) in [4.78, 5) is 4.48. The molecule has 0 bridgehead atoms. The van der Waals surface area contributed by atoms with Gasteiger partial charge < -0.3 is 9.14 Å². The monoisotopic (exact) mass is 202 g/mol. The molecule has 0 atom stereocenters. The first kappa shape index (κ1) is 8.92. The second-order valence-corrected chi connectivity index (χ2v) is 4.06. The molecule has 0 N–H and O–H groups in total. The molecule has 1 fully saturated rings. The van der Waals surface area contributed by atoms with Gasteiger partial charge in [0.2, 0.25) is 0 Å². The molecule has 78 valence electrons. The van der Waals surface area contributed by atoms with E-state index in [9.17, 15) is 0 Å². The quantitative estimate of drug-likeness (QED) is 0.764. The number of imidazole rings is 1. The van der Waals surface area contributed by atoms with Crippen LogP contribution in [-0.2, 0) is 11.3 Å². The second kappa shape index (κ2) is 3.66. The summed E-state index contributed by atoms with van der Waals surface area (Å²) >= 11 is 0. The van der Waals surface area contributed by atoms with Gasteiger partial charge in [0.05, 0.1) is 18.4 Å². The van der Waals surface area contributed by atoms with Crippen molar-refractivity contribution in [3.05, 3.63) is 36.3 Å². The highest BCUT2D eigenvalue weighted by Crippen LogP contribution is 2.22. The van der Waals surface area contributed by atoms with Gasteiger partial charge in [0.25, 0.3) is 0 Å². The van der Waals surface area contributed by atoms with Gasteiger partial charge >= 0.3 is 0 Å². The van der Waals surface area contributed by atoms with E-state index >= 15 is 0 Å². The first-order valence-corrected chi connectivity index (χ1v) is 5.46. The highest BCUT2D eigenvalue weighted by Gasteiger charge is 2.18. The SMILES string of the molecule is c1ccn2cc(COC3CCC3)nc2c1. The zero-order chi connectivity index (χ0) is 10.1. The molecule has 1 saturated carbocycles. The van der Waals surface area contributed by atoms with Crippen molar-refractivity contribution in [2.75, 3.05) is 0 Å². The molecule has 0 aromatic carbocycles. The standard InChI is InChI=1S/C12H14N2O/c1-2-7-14-8-10(13-12(14)6-1)9-15-11-4-3-5-11/h1-2,6-8,11H,3-5,9H2. The molecule has 2 aromatic rings. The minimum absolute atomic E-state index is 0.481. The molecule has 1 aliphatic carbocycles. The van der Waals surface area contributed by atoms with E-state index in [4.69, 9.17) is 4.74 Å². The van der Waals surface area contributed by atoms with Crippen molar-refractivity contribution in [1.82, 2.24) is 9.38 Å². The number of fused-ring (bicyclic) bond motifs is 1. The van der Waals surface area contributed by atoms with Gasteiger partial charge in [-0.1, -0.05) is 6.07 Å². The van der Waals surface area contributed by atoms with Crippen molar-refractivity contribution < 1.29 is 4.74 Å². The fourth-order valence-corrected chi connectivity index (χ4v) is 1.80. The number of aromatic nitrogens is 2. The molecule has 3 rings (SSSR count). The zero-order valence-corrected chi connectivity index (χ0v) is 8.60. The van der Waals surface area contributed by atoms with E-state index in [1.165, 1.54) is 19.3 Å². The van der Waals surface area contributed by atoms with Gasteiger partial charge in [0.15, 0.2) is 0 Å². The maximum absolute atomic E-state index is 5.72. The van der Waals surface area contributed by atoms with Gasteiger partial charge in [-0.2, -0.15) is 0 Å². The molecule has 0 saturated heterocycles. The van der Waals surface area contributed by atoms with Crippen LogP contribution in [0.1, 0.15) is 25.0 Å². The van der Waals surface area contributed by atoms with Crippen LogP contribution in [0.25, 0.3) is 5.65 Å². The first-order valence-electron chi connectivity index (χ1n) is 5.46. The van der Waals surface area contributed by atoms with Crippen LogP contribution < -0.4 is 0 Å². The van der Waals surface area contributed by atoms with Crippen LogP contribution in [-0.4, -0.2) is 15.5 Å². The van der Waals surface area contributed by atoms with Crippen LogP contribution >= 0.6 is 0 Å². The van der Waals surface area contributed by atoms with Crippen molar-refractivity contribution in [1.29, 1.82) is 0 Å². The fraction of sp³-hybridized carbons (Fsp3) is 0.417. The minimum atomic E-state index is 0.481. The van der Waals surface area contributed by atoms with E-state index in [0.29, 0.717) is 12.7 Å². The summed E-state index contributed by atoms with van der Waals surface area (Å²) in [6.07, 6.45) is 8.27. The number of rotatable bonds is 3. The van der Waals surface area contributed by atoms with Crippen LogP contribution in [0, 0.1) is 0 Å². The van der Waals surface area contributed by atoms with Crippen molar-refractivity contribution in [2.45, 2.75) is 32.0 Å². The molecule has 0 radical (unpaired) electrons. The van der Waals surface area contributed by atoms with E-state index in [1.54, 1.807) is 0 Å². The average molecular weight is 202 g/mol. The Labute approximate surface area is 88.7 Å². The van der Waals surface area contributed by atoms with Gasteiger partial charge in [-0.15, -0.1) is 0 Å². The summed E-state index contributed by atoms with van der Waals surface area (Å²) in [5, 5.41) is 0. The largest absolute Gasteiger partial charge is 0.372 e. The van der Waals surface area contributed by atoms with Crippen molar-refractivity contribution >= 4 is 5.65 Å². The molecule has 2 heterocycles. The van der Waals surface area contributed by atoms with Crippen LogP contribution in [0.15, 0.2) is 30.6 Å². The van der Waals surface area contributed by atoms with Crippen LogP contribution in [0.2, 0.25) is 0 Å². The van der Waals surface area contributed by atoms with Crippen molar-refractivity contribution in [3.8, 4) is 0 Å². The molecule has 0 amide bonds. The third kappa shape index (κ3) is 1.75. The molecule has 3 heteroatoms. The smallest absolute Gasteiger partial charge is 0.137 e. The first-order chi connectivity index (χ1) is 7.42. The van der Waals surface area contributed by atoms with E-state index in [-0.39, 0.29) is 0 Å². The lowest BCUT2D eigenvalue weighted by atomic mass is 9.96. The molecule has 0 spiro atoms. The topological polar surface area (TPSA) is 26.5 Å². The summed E-state index contributed by atoms with van der Waals surface area (Å²) in [5.41, 5.74) is 2.01. The van der Waals surface area contributed by atoms with Crippen molar-refractivity contribution in [2.24, 2.45) is 0 Å². The predicted molar refractivity (Wildman–Crippen MR) is 57.6 cm³/mol. The fourth-order valence-electron chi connectivity index (χ4n) is 1.80. The summed E-state index contributed by atoms with van der Waals surface area (Å²) in [7, 11) is 0. The summed E-state index contributed by atoms with van der Waals surface area (Å²) in [5.74, 6) is 0. The third-order valence-electron chi connectivity index (χ3n) is 2.93. The van der Waals surface area contributed by atoms with Crippen molar-refractivity contribution in [3.63, 3.8) is 0 Å². The Morgan fingerprint density at radius 3 is 3.07 bits per heavy atom. The molecule has 2 aromatic heterocycles. The molecule has 0 unspecified atom stereocenters. The Bertz CT molecular complexity index is 426. The van der Waals surface area contributed by atoms with Crippen LogP contribution in [0.3, 0.4) is 0 Å². The maximum Gasteiger partial charge on any atom is 0.137 e. The Hall–Kier alpha value is -1.35. The lowest BCUT2D eigenvalue weighted by molar-refractivity contribution is -0.00992. The Kier molecular flexibility index (Phi) is 2.18. The second-order valence-electron chi connectivity index (χ2n) is 4.06. The Morgan fingerprint density at radius 1 is 1.40 bits per heavy atom. The third-order valence-corrected chi connectivity index (χ3v) is 2.93. The van der Waals surface area contributed by atoms with Crippen LogP contribution in [0.5, 0.6) is 0 Å². The number of ether oxygens (including phenoxy) is 1. The average Bonchev–Trinajstić information content (AvgIpc) is 2.57. The van der Waals surface area contributed by atoms with Gasteiger partial charge in [0, 0.05) is 12.4 Å². The van der Waals surface area contributed by atoms with Crippen LogP contribution in [0.4, 0.5) is 0 Å². The highest BCUT2D eigenvalue weighted by atomic mass is 16.5. The number of hydrogen-bond donors (Lipinski definition) is 0. The summed E-state index contributed by atoms with van der Waals surface area (Å²) in [6, 6.07) is 6.01. The summed E-state index contributed by atoms with van der Waals surface area (Å²) in [6.45, 7) is 0.645. The lowest BCUT2D eigenvalue weighted by Gasteiger charge is -2.24. The lowest BCUT2D eigenvalue weighted by Crippen LogP contribution is -2.21. The molecule has 0 aliphatic heterocycles. The van der Waals surface area contributed by atoms with E-state index < -0.39 is 0 Å². The Balaban J connectivity index is 1.73. The van der Waals surface area contributed by atoms with E-state index in [1.807, 2.05) is 35.0 Å². The van der Waals surface area contributed by atoms with E-state index in [2.05, 4.69) is 4.98 Å². The summed E-state index contributed by atoms with van der Waals surface area (Å²) < 4.78 is 7.74. The molecule has 15 heavy (non-hydrogen) atoms. The zero-order valence-electron chi connectivity index (χ0n) is 8.60. The van der Waals surface area contributed by atoms with Gasteiger partial charge in [0.1, 0.15) is 5.65 Å². The minimum Gasteiger partial charge on any atom is -0.372 e. The Morgan fingerprint density at radius 2 is 2.33 bits per heavy atom. The van der Waals surface area contributed by atoms with Gasteiger partial charge in [-0.05, 0) is 31.4 Å².